The van der Waals surface area contributed by atoms with Crippen LogP contribution in [0.5, 0.6) is 0 Å². The summed E-state index contributed by atoms with van der Waals surface area (Å²) >= 11 is 0. The van der Waals surface area contributed by atoms with Gasteiger partial charge >= 0.3 is 0 Å². The monoisotopic (exact) mass is 682 g/mol. The molecule has 0 spiro atoms. The fraction of sp³-hybridized carbons (Fsp3) is 0. The molecule has 10 aromatic rings. The Hall–Kier alpha value is -7.03. The highest BCUT2D eigenvalue weighted by molar-refractivity contribution is 6.21. The molecule has 0 radical (unpaired) electrons. The molecule has 9 aromatic carbocycles. The average Bonchev–Trinajstić information content (AvgIpc) is 3.71. The highest BCUT2D eigenvalue weighted by Crippen LogP contribution is 2.45. The first-order valence-corrected chi connectivity index (χ1v) is 17.5. The molecule has 0 N–H and O–H groups in total. The highest BCUT2D eigenvalue weighted by Gasteiger charge is 2.19. The van der Waals surface area contributed by atoms with Crippen LogP contribution < -0.4 is 0 Å². The molecule has 0 bridgehead atoms. The predicted molar refractivity (Wildman–Crippen MR) is 223 cm³/mol. The molecule has 0 amide bonds. The smallest absolute Gasteiger partial charge is 0.145 e. The summed E-state index contributed by atoms with van der Waals surface area (Å²) in [6.07, 6.45) is 0. The maximum Gasteiger partial charge on any atom is 0.145 e. The van der Waals surface area contributed by atoms with Crippen molar-refractivity contribution in [2.75, 3.05) is 0 Å². The zero-order chi connectivity index (χ0) is 42.1. The van der Waals surface area contributed by atoms with E-state index in [1.165, 1.54) is 0 Å². The Bertz CT molecular complexity index is 3230. The van der Waals surface area contributed by atoms with Crippen molar-refractivity contribution in [1.82, 2.24) is 9.55 Å². The van der Waals surface area contributed by atoms with Crippen LogP contribution in [0.3, 0.4) is 0 Å². The van der Waals surface area contributed by atoms with Crippen molar-refractivity contribution in [3.63, 3.8) is 0 Å². The number of fused-ring (bicyclic) bond motifs is 3. The van der Waals surface area contributed by atoms with Gasteiger partial charge in [0.1, 0.15) is 5.82 Å². The van der Waals surface area contributed by atoms with E-state index < -0.39 is 24.2 Å². The van der Waals surface area contributed by atoms with E-state index in [9.17, 15) is 5.48 Å². The number of benzene rings is 9. The second-order valence-electron chi connectivity index (χ2n) is 13.0. The summed E-state index contributed by atoms with van der Waals surface area (Å²) in [4.78, 5) is 4.98. The fourth-order valence-corrected chi connectivity index (χ4v) is 7.41. The zero-order valence-corrected chi connectivity index (χ0v) is 28.4. The molecule has 2 nitrogen and oxygen atoms in total. The number of aromatic nitrogens is 2. The summed E-state index contributed by atoms with van der Waals surface area (Å²) in [5, 5.41) is 0.656. The van der Waals surface area contributed by atoms with Gasteiger partial charge in [-0.15, -0.1) is 0 Å². The van der Waals surface area contributed by atoms with E-state index in [0.29, 0.717) is 22.3 Å². The van der Waals surface area contributed by atoms with Gasteiger partial charge < -0.3 is 0 Å². The van der Waals surface area contributed by atoms with Crippen molar-refractivity contribution in [1.29, 1.82) is 0 Å². The lowest BCUT2D eigenvalue weighted by Gasteiger charge is -2.19. The van der Waals surface area contributed by atoms with Crippen molar-refractivity contribution >= 4 is 32.6 Å². The zero-order valence-electron chi connectivity index (χ0n) is 36.4. The van der Waals surface area contributed by atoms with Crippen LogP contribution >= 0.6 is 0 Å². The molecule has 0 aliphatic heterocycles. The lowest BCUT2D eigenvalue weighted by atomic mass is 9.84. The van der Waals surface area contributed by atoms with Crippen LogP contribution in [0, 0.1) is 0 Å². The predicted octanol–water partition coefficient (Wildman–Crippen LogP) is 13.7. The van der Waals surface area contributed by atoms with Gasteiger partial charge in [-0.3, -0.25) is 4.57 Å². The van der Waals surface area contributed by atoms with Crippen LogP contribution in [0.15, 0.2) is 206 Å². The Morgan fingerprint density at radius 1 is 0.377 bits per heavy atom. The maximum atomic E-state index is 9.52. The van der Waals surface area contributed by atoms with Crippen molar-refractivity contribution < 1.29 is 11.0 Å². The summed E-state index contributed by atoms with van der Waals surface area (Å²) in [6, 6.07) is 47.8. The number of nitrogens with zero attached hydrogens (tertiary/aromatic N) is 2. The molecule has 0 unspecified atom stereocenters. The van der Waals surface area contributed by atoms with Crippen LogP contribution in [-0.4, -0.2) is 9.55 Å². The minimum atomic E-state index is -0.443. The lowest BCUT2D eigenvalue weighted by Crippen LogP contribution is -1.98. The van der Waals surface area contributed by atoms with Crippen LogP contribution in [0.25, 0.3) is 94.2 Å². The van der Waals surface area contributed by atoms with E-state index in [1.54, 1.807) is 0 Å². The van der Waals surface area contributed by atoms with E-state index >= 15 is 0 Å². The van der Waals surface area contributed by atoms with Gasteiger partial charge in [0.2, 0.25) is 0 Å². The minimum absolute atomic E-state index is 0.163. The third kappa shape index (κ3) is 5.40. The van der Waals surface area contributed by atoms with Gasteiger partial charge in [0.05, 0.1) is 22.0 Å². The van der Waals surface area contributed by atoms with Gasteiger partial charge in [-0.25, -0.2) is 4.98 Å². The van der Waals surface area contributed by atoms with Gasteiger partial charge in [-0.05, 0) is 109 Å². The molecule has 53 heavy (non-hydrogen) atoms. The van der Waals surface area contributed by atoms with Crippen molar-refractivity contribution in [3.8, 4) is 61.6 Å². The van der Waals surface area contributed by atoms with Crippen molar-refractivity contribution in [3.05, 3.63) is 206 Å². The molecule has 0 saturated heterocycles. The summed E-state index contributed by atoms with van der Waals surface area (Å²) in [5.41, 5.74) is 8.59. The van der Waals surface area contributed by atoms with Gasteiger partial charge in [0.25, 0.3) is 0 Å². The quantitative estimate of drug-likeness (QED) is 0.160. The fourth-order valence-electron chi connectivity index (χ4n) is 7.41. The molecule has 2 heteroatoms. The standard InChI is InChI=1S/C51H34N2/c1-4-16-35(17-5-1)39-32-40(36-18-6-2-7-19-36)34-41(33-39)50-45-24-12-10-22-43(45)49(44-23-11-13-25-46(44)50)37-28-30-42(31-29-37)53-48-27-15-14-26-47(48)52-51(53)38-20-8-3-9-21-38/h1-34H/i10D,11D,12D,13D,22D,23D,24D,25D. The van der Waals surface area contributed by atoms with Gasteiger partial charge in [0, 0.05) is 11.3 Å². The van der Waals surface area contributed by atoms with Crippen molar-refractivity contribution in [2.45, 2.75) is 0 Å². The number of hydrogen-bond acceptors (Lipinski definition) is 1. The third-order valence-corrected chi connectivity index (χ3v) is 9.82. The molecule has 1 aromatic heterocycles. The second kappa shape index (κ2) is 12.9. The molecule has 248 valence electrons. The molecule has 0 aliphatic carbocycles. The van der Waals surface area contributed by atoms with Crippen LogP contribution in [0.1, 0.15) is 11.0 Å². The van der Waals surface area contributed by atoms with E-state index in [0.717, 1.165) is 50.4 Å². The SMILES string of the molecule is [2H]c1c([2H])c([2H])c2c(-c3cc(-c4ccccc4)cc(-c4ccccc4)c3)c3c([2H])c([2H])c([2H])c([2H])c3c(-c3ccc(-n4c(-c5ccccc5)nc5ccccc54)cc3)c2c1[2H]. The van der Waals surface area contributed by atoms with Crippen molar-refractivity contribution in [2.24, 2.45) is 0 Å². The van der Waals surface area contributed by atoms with Gasteiger partial charge in [-0.2, -0.15) is 0 Å². The molecule has 0 atom stereocenters. The number of hydrogen-bond donors (Lipinski definition) is 0. The molecule has 0 saturated carbocycles. The first kappa shape index (κ1) is 23.4. The lowest BCUT2D eigenvalue weighted by molar-refractivity contribution is 1.10. The maximum absolute atomic E-state index is 9.52. The Morgan fingerprint density at radius 3 is 1.34 bits per heavy atom. The van der Waals surface area contributed by atoms with E-state index in [1.807, 2.05) is 152 Å². The first-order valence-electron chi connectivity index (χ1n) is 21.5. The minimum Gasteiger partial charge on any atom is -0.292 e. The third-order valence-electron chi connectivity index (χ3n) is 9.82. The number of imidazole rings is 1. The summed E-state index contributed by atoms with van der Waals surface area (Å²) in [5.74, 6) is 0.741. The summed E-state index contributed by atoms with van der Waals surface area (Å²) in [6.45, 7) is 0. The molecular formula is C51H34N2. The molecule has 0 aliphatic rings. The van der Waals surface area contributed by atoms with E-state index in [2.05, 4.69) is 10.6 Å². The van der Waals surface area contributed by atoms with E-state index in [4.69, 9.17) is 10.5 Å². The Balaban J connectivity index is 1.32. The topological polar surface area (TPSA) is 17.8 Å². The highest BCUT2D eigenvalue weighted by atomic mass is 15.1. The molecule has 10 rings (SSSR count). The van der Waals surface area contributed by atoms with Crippen LogP contribution in [0.4, 0.5) is 0 Å². The Kier molecular flexibility index (Phi) is 5.72. The Labute approximate surface area is 320 Å². The molecular weight excluding hydrogens is 641 g/mol. The number of para-hydroxylation sites is 2. The largest absolute Gasteiger partial charge is 0.292 e. The van der Waals surface area contributed by atoms with Crippen LogP contribution in [0.2, 0.25) is 0 Å². The van der Waals surface area contributed by atoms with Gasteiger partial charge in [0.15, 0.2) is 0 Å². The van der Waals surface area contributed by atoms with Gasteiger partial charge in [-0.1, -0.05) is 164 Å². The summed E-state index contributed by atoms with van der Waals surface area (Å²) in [7, 11) is 0. The average molecular weight is 683 g/mol. The first-order chi connectivity index (χ1) is 29.6. The second-order valence-corrected chi connectivity index (χ2v) is 13.0. The Morgan fingerprint density at radius 2 is 0.811 bits per heavy atom. The summed E-state index contributed by atoms with van der Waals surface area (Å²) < 4.78 is 75.9. The molecule has 0 fully saturated rings. The van der Waals surface area contributed by atoms with E-state index in [-0.39, 0.29) is 45.7 Å². The normalized spacial score (nSPS) is 13.5. The molecule has 1 heterocycles. The van der Waals surface area contributed by atoms with Crippen LogP contribution in [-0.2, 0) is 0 Å². The number of rotatable bonds is 6.